The van der Waals surface area contributed by atoms with Crippen LogP contribution in [0.4, 0.5) is 0 Å². The third-order valence-corrected chi connectivity index (χ3v) is 4.45. The van der Waals surface area contributed by atoms with Crippen LogP contribution in [0.1, 0.15) is 32.3 Å². The molecule has 1 N–H and O–H groups in total. The molecule has 0 aromatic heterocycles. The summed E-state index contributed by atoms with van der Waals surface area (Å²) in [5.41, 5.74) is 1.00. The Morgan fingerprint density at radius 1 is 1.24 bits per heavy atom. The zero-order valence-corrected chi connectivity index (χ0v) is 13.4. The fourth-order valence-corrected chi connectivity index (χ4v) is 3.22. The van der Waals surface area contributed by atoms with Gasteiger partial charge in [-0.1, -0.05) is 37.5 Å². The molecule has 1 rings (SSSR count). The Morgan fingerprint density at radius 2 is 1.86 bits per heavy atom. The van der Waals surface area contributed by atoms with Gasteiger partial charge in [0.05, 0.1) is 4.90 Å². The molecule has 0 saturated heterocycles. The van der Waals surface area contributed by atoms with Gasteiger partial charge in [0.15, 0.2) is 6.29 Å². The number of sulfonamides is 1. The highest BCUT2D eigenvalue weighted by Crippen LogP contribution is 2.14. The van der Waals surface area contributed by atoms with Crippen molar-refractivity contribution in [3.8, 4) is 11.8 Å². The van der Waals surface area contributed by atoms with E-state index < -0.39 is 10.0 Å². The van der Waals surface area contributed by atoms with Crippen LogP contribution in [0.3, 0.4) is 0 Å². The van der Waals surface area contributed by atoms with Gasteiger partial charge in [0.1, 0.15) is 0 Å². The van der Waals surface area contributed by atoms with Crippen molar-refractivity contribution in [1.29, 1.82) is 0 Å². The largest absolute Gasteiger partial charge is 0.289 e. The van der Waals surface area contributed by atoms with Crippen molar-refractivity contribution in [3.63, 3.8) is 0 Å². The predicted octanol–water partition coefficient (Wildman–Crippen LogP) is 2.28. The molecule has 0 amide bonds. The van der Waals surface area contributed by atoms with E-state index in [-0.39, 0.29) is 10.9 Å². The van der Waals surface area contributed by atoms with Crippen molar-refractivity contribution in [2.75, 3.05) is 0 Å². The first-order chi connectivity index (χ1) is 9.85. The molecule has 21 heavy (non-hydrogen) atoms. The summed E-state index contributed by atoms with van der Waals surface area (Å²) in [6.07, 6.45) is 1.50. The Balaban J connectivity index is 2.89. The molecule has 0 aliphatic rings. The number of aldehydes is 1. The van der Waals surface area contributed by atoms with Gasteiger partial charge < -0.3 is 0 Å². The molecular weight excluding hydrogens is 286 g/mol. The first-order valence-corrected chi connectivity index (χ1v) is 8.34. The second-order valence-electron chi connectivity index (χ2n) is 5.40. The molecule has 5 heteroatoms. The molecule has 0 heterocycles. The molecule has 0 aliphatic carbocycles. The number of aryl methyl sites for hydroxylation is 1. The molecule has 0 fully saturated rings. The Morgan fingerprint density at radius 3 is 2.38 bits per heavy atom. The van der Waals surface area contributed by atoms with Gasteiger partial charge in [-0.3, -0.25) is 4.79 Å². The minimum atomic E-state index is -3.57. The van der Waals surface area contributed by atoms with Crippen LogP contribution < -0.4 is 4.72 Å². The number of hydrogen-bond donors (Lipinski definition) is 1. The lowest BCUT2D eigenvalue weighted by Gasteiger charge is -2.18. The summed E-state index contributed by atoms with van der Waals surface area (Å²) in [4.78, 5) is 10.5. The summed E-state index contributed by atoms with van der Waals surface area (Å²) in [5.74, 6) is 5.33. The molecule has 0 saturated carbocycles. The highest BCUT2D eigenvalue weighted by molar-refractivity contribution is 7.89. The highest BCUT2D eigenvalue weighted by Gasteiger charge is 2.20. The smallest absolute Gasteiger partial charge is 0.240 e. The van der Waals surface area contributed by atoms with Crippen LogP contribution in [0.15, 0.2) is 29.2 Å². The molecule has 1 aromatic carbocycles. The van der Waals surface area contributed by atoms with E-state index in [2.05, 4.69) is 16.6 Å². The second-order valence-corrected chi connectivity index (χ2v) is 7.12. The molecule has 4 nitrogen and oxygen atoms in total. The summed E-state index contributed by atoms with van der Waals surface area (Å²) in [7, 11) is -3.57. The van der Waals surface area contributed by atoms with E-state index in [4.69, 9.17) is 0 Å². The van der Waals surface area contributed by atoms with Crippen LogP contribution in [0, 0.1) is 24.7 Å². The fraction of sp³-hybridized carbons (Fsp3) is 0.438. The van der Waals surface area contributed by atoms with Gasteiger partial charge in [-0.25, -0.2) is 13.1 Å². The van der Waals surface area contributed by atoms with Gasteiger partial charge in [0.2, 0.25) is 10.0 Å². The van der Waals surface area contributed by atoms with Crippen molar-refractivity contribution >= 4 is 16.3 Å². The normalized spacial score (nSPS) is 12.6. The van der Waals surface area contributed by atoms with E-state index in [1.807, 2.05) is 20.8 Å². The molecular formula is C16H21NO3S. The third kappa shape index (κ3) is 6.11. The van der Waals surface area contributed by atoms with E-state index in [1.54, 1.807) is 24.3 Å². The van der Waals surface area contributed by atoms with Gasteiger partial charge in [0, 0.05) is 12.5 Å². The number of nitrogens with one attached hydrogen (secondary N) is 1. The van der Waals surface area contributed by atoms with Gasteiger partial charge in [0.25, 0.3) is 0 Å². The second kappa shape index (κ2) is 7.96. The lowest BCUT2D eigenvalue weighted by Crippen LogP contribution is -2.35. The third-order valence-electron chi connectivity index (χ3n) is 2.92. The van der Waals surface area contributed by atoms with Crippen molar-refractivity contribution in [3.05, 3.63) is 29.8 Å². The summed E-state index contributed by atoms with van der Waals surface area (Å²) >= 11 is 0. The van der Waals surface area contributed by atoms with Crippen LogP contribution in [0.5, 0.6) is 0 Å². The lowest BCUT2D eigenvalue weighted by atomic mass is 10.0. The minimum absolute atomic E-state index is 0.241. The molecule has 0 bridgehead atoms. The first kappa shape index (κ1) is 17.4. The van der Waals surface area contributed by atoms with Crippen LogP contribution in [0.2, 0.25) is 0 Å². The summed E-state index contributed by atoms with van der Waals surface area (Å²) in [6.45, 7) is 5.93. The van der Waals surface area contributed by atoms with Crippen molar-refractivity contribution < 1.29 is 13.2 Å². The molecule has 114 valence electrons. The lowest BCUT2D eigenvalue weighted by molar-refractivity contribution is -0.103. The zero-order chi connectivity index (χ0) is 15.9. The van der Waals surface area contributed by atoms with Gasteiger partial charge >= 0.3 is 0 Å². The van der Waals surface area contributed by atoms with E-state index in [0.29, 0.717) is 25.0 Å². The molecule has 1 aromatic rings. The quantitative estimate of drug-likeness (QED) is 0.648. The van der Waals surface area contributed by atoms with Gasteiger partial charge in [-0.05, 0) is 37.3 Å². The number of carbonyl (C=O) groups is 1. The number of benzene rings is 1. The molecule has 1 atom stereocenters. The number of rotatable bonds is 6. The van der Waals surface area contributed by atoms with Crippen molar-refractivity contribution in [2.24, 2.45) is 5.92 Å². The Hall–Kier alpha value is -1.64. The summed E-state index contributed by atoms with van der Waals surface area (Å²) in [5, 5.41) is 0. The maximum atomic E-state index is 12.3. The van der Waals surface area contributed by atoms with Crippen LogP contribution in [-0.2, 0) is 14.8 Å². The van der Waals surface area contributed by atoms with Crippen LogP contribution in [0.25, 0.3) is 0 Å². The van der Waals surface area contributed by atoms with E-state index in [1.165, 1.54) is 0 Å². The Labute approximate surface area is 127 Å². The fourth-order valence-electron chi connectivity index (χ4n) is 1.97. The van der Waals surface area contributed by atoms with Crippen molar-refractivity contribution in [2.45, 2.75) is 44.6 Å². The summed E-state index contributed by atoms with van der Waals surface area (Å²) < 4.78 is 27.4. The number of carbonyl (C=O) groups excluding carboxylic acids is 1. The van der Waals surface area contributed by atoms with E-state index >= 15 is 0 Å². The monoisotopic (exact) mass is 307 g/mol. The first-order valence-electron chi connectivity index (χ1n) is 6.86. The topological polar surface area (TPSA) is 63.2 Å². The molecule has 0 aliphatic heterocycles. The van der Waals surface area contributed by atoms with Crippen LogP contribution >= 0.6 is 0 Å². The molecule has 0 radical (unpaired) electrons. The maximum Gasteiger partial charge on any atom is 0.240 e. The van der Waals surface area contributed by atoms with Crippen molar-refractivity contribution in [1.82, 2.24) is 4.72 Å². The van der Waals surface area contributed by atoms with Gasteiger partial charge in [-0.15, -0.1) is 0 Å². The van der Waals surface area contributed by atoms with E-state index in [0.717, 1.165) is 5.56 Å². The molecule has 0 unspecified atom stereocenters. The summed E-state index contributed by atoms with van der Waals surface area (Å²) in [6, 6.07) is 6.39. The van der Waals surface area contributed by atoms with Crippen LogP contribution in [-0.4, -0.2) is 20.7 Å². The van der Waals surface area contributed by atoms with Gasteiger partial charge in [-0.2, -0.15) is 0 Å². The SMILES string of the molecule is Cc1ccc(S(=O)(=O)N[C@H](CC#CC=O)CC(C)C)cc1. The van der Waals surface area contributed by atoms with E-state index in [9.17, 15) is 13.2 Å². The molecule has 0 spiro atoms. The average Bonchev–Trinajstić information content (AvgIpc) is 2.38. The Bertz CT molecular complexity index is 622. The highest BCUT2D eigenvalue weighted by atomic mass is 32.2. The predicted molar refractivity (Wildman–Crippen MR) is 83.2 cm³/mol. The zero-order valence-electron chi connectivity index (χ0n) is 12.6. The maximum absolute atomic E-state index is 12.3. The average molecular weight is 307 g/mol. The number of hydrogen-bond acceptors (Lipinski definition) is 3. The Kier molecular flexibility index (Phi) is 6.60. The standard InChI is InChI=1S/C16H21NO3S/c1-13(2)12-15(6-4-5-11-18)17-21(19,20)16-9-7-14(3)8-10-16/h7-11,13,15,17H,6,12H2,1-3H3/t15-/m1/s1. The minimum Gasteiger partial charge on any atom is -0.289 e.